The molecule has 1 N–H and O–H groups in total. The molecule has 0 atom stereocenters. The van der Waals surface area contributed by atoms with Gasteiger partial charge >= 0.3 is 0 Å². The summed E-state index contributed by atoms with van der Waals surface area (Å²) >= 11 is 1.70. The van der Waals surface area contributed by atoms with Crippen LogP contribution in [-0.2, 0) is 0 Å². The van der Waals surface area contributed by atoms with E-state index >= 15 is 0 Å². The number of hydrogen-bond donors (Lipinski definition) is 1. The summed E-state index contributed by atoms with van der Waals surface area (Å²) in [6, 6.07) is 7.11. The summed E-state index contributed by atoms with van der Waals surface area (Å²) in [6.45, 7) is 0. The Morgan fingerprint density at radius 3 is 2.69 bits per heavy atom. The van der Waals surface area contributed by atoms with E-state index in [0.717, 1.165) is 17.0 Å². The third-order valence-electron chi connectivity index (χ3n) is 1.75. The second-order valence-corrected chi connectivity index (χ2v) is 3.61. The van der Waals surface area contributed by atoms with Gasteiger partial charge in [0.25, 0.3) is 0 Å². The first-order valence-electron chi connectivity index (χ1n) is 3.98. The highest BCUT2D eigenvalue weighted by Gasteiger charge is 2.00. The molecule has 2 nitrogen and oxygen atoms in total. The Balaban J connectivity index is 2.22. The van der Waals surface area contributed by atoms with Crippen LogP contribution in [0.25, 0.3) is 6.08 Å². The van der Waals surface area contributed by atoms with Crippen LogP contribution in [0.5, 0.6) is 5.75 Å². The highest BCUT2D eigenvalue weighted by molar-refractivity contribution is 8.12. The SMILES string of the molecule is Oc1ccc(C=C2CSC=N2)cc1. The van der Waals surface area contributed by atoms with Crippen LogP contribution in [-0.4, -0.2) is 16.4 Å². The normalized spacial score (nSPS) is 18.3. The molecule has 0 saturated heterocycles. The van der Waals surface area contributed by atoms with Crippen molar-refractivity contribution in [3.8, 4) is 5.75 Å². The molecular weight excluding hydrogens is 182 g/mol. The van der Waals surface area contributed by atoms with Crippen LogP contribution in [0, 0.1) is 0 Å². The summed E-state index contributed by atoms with van der Waals surface area (Å²) < 4.78 is 0. The van der Waals surface area contributed by atoms with Crippen LogP contribution in [0.1, 0.15) is 5.56 Å². The summed E-state index contributed by atoms with van der Waals surface area (Å²) in [4.78, 5) is 4.19. The number of aromatic hydroxyl groups is 1. The zero-order valence-electron chi connectivity index (χ0n) is 6.97. The number of aliphatic imine (C=N–C) groups is 1. The topological polar surface area (TPSA) is 32.6 Å². The first-order chi connectivity index (χ1) is 6.34. The van der Waals surface area contributed by atoms with Gasteiger partial charge in [-0.2, -0.15) is 0 Å². The molecule has 0 amide bonds. The molecule has 1 aromatic carbocycles. The minimum atomic E-state index is 0.298. The molecule has 0 radical (unpaired) electrons. The Hall–Kier alpha value is -1.22. The van der Waals surface area contributed by atoms with Gasteiger partial charge in [0.05, 0.1) is 11.2 Å². The third kappa shape index (κ3) is 2.12. The summed E-state index contributed by atoms with van der Waals surface area (Å²) in [7, 11) is 0. The molecule has 1 heterocycles. The fourth-order valence-electron chi connectivity index (χ4n) is 1.11. The number of phenolic OH excluding ortho intramolecular Hbond substituents is 1. The van der Waals surface area contributed by atoms with Crippen LogP contribution < -0.4 is 0 Å². The van der Waals surface area contributed by atoms with Gasteiger partial charge < -0.3 is 5.11 Å². The smallest absolute Gasteiger partial charge is 0.115 e. The van der Waals surface area contributed by atoms with Crippen molar-refractivity contribution in [3.05, 3.63) is 35.5 Å². The summed E-state index contributed by atoms with van der Waals surface area (Å²) in [5.74, 6) is 1.24. The molecule has 0 spiro atoms. The Labute approximate surface area is 81.0 Å². The third-order valence-corrected chi connectivity index (χ3v) is 2.47. The Kier molecular flexibility index (Phi) is 2.36. The van der Waals surface area contributed by atoms with Crippen molar-refractivity contribution in [2.24, 2.45) is 4.99 Å². The van der Waals surface area contributed by atoms with E-state index in [4.69, 9.17) is 5.11 Å². The first kappa shape index (κ1) is 8.38. The Bertz CT molecular complexity index is 354. The number of phenols is 1. The van der Waals surface area contributed by atoms with Crippen molar-refractivity contribution in [3.63, 3.8) is 0 Å². The van der Waals surface area contributed by atoms with Crippen molar-refractivity contribution >= 4 is 23.4 Å². The molecule has 0 saturated carbocycles. The second kappa shape index (κ2) is 3.66. The van der Waals surface area contributed by atoms with Gasteiger partial charge in [-0.1, -0.05) is 12.1 Å². The molecule has 0 aliphatic carbocycles. The maximum Gasteiger partial charge on any atom is 0.115 e. The molecule has 3 heteroatoms. The molecule has 2 rings (SSSR count). The van der Waals surface area contributed by atoms with Crippen molar-refractivity contribution in [2.75, 3.05) is 5.75 Å². The molecular formula is C10H9NOS. The molecule has 0 aromatic heterocycles. The standard InChI is InChI=1S/C10H9NOS/c12-10-3-1-8(2-4-10)5-9-6-13-7-11-9/h1-5,7,12H,6H2. The number of rotatable bonds is 1. The van der Waals surface area contributed by atoms with Crippen LogP contribution in [0.2, 0.25) is 0 Å². The molecule has 1 aliphatic rings. The molecule has 1 aromatic rings. The van der Waals surface area contributed by atoms with Crippen LogP contribution in [0.15, 0.2) is 35.0 Å². The average Bonchev–Trinajstić information content (AvgIpc) is 2.62. The first-order valence-corrected chi connectivity index (χ1v) is 5.03. The van der Waals surface area contributed by atoms with E-state index in [0.29, 0.717) is 5.75 Å². The van der Waals surface area contributed by atoms with E-state index in [1.807, 2.05) is 23.8 Å². The molecule has 66 valence electrons. The van der Waals surface area contributed by atoms with Crippen molar-refractivity contribution in [1.29, 1.82) is 0 Å². The minimum absolute atomic E-state index is 0.298. The molecule has 0 unspecified atom stereocenters. The Morgan fingerprint density at radius 2 is 2.08 bits per heavy atom. The van der Waals surface area contributed by atoms with Crippen LogP contribution in [0.3, 0.4) is 0 Å². The lowest BCUT2D eigenvalue weighted by Gasteiger charge is -1.95. The molecule has 13 heavy (non-hydrogen) atoms. The van der Waals surface area contributed by atoms with E-state index in [-0.39, 0.29) is 0 Å². The van der Waals surface area contributed by atoms with E-state index in [9.17, 15) is 0 Å². The number of benzene rings is 1. The quantitative estimate of drug-likeness (QED) is 0.739. The summed E-state index contributed by atoms with van der Waals surface area (Å²) in [5, 5.41) is 9.06. The molecule has 1 aliphatic heterocycles. The van der Waals surface area contributed by atoms with Crippen LogP contribution in [0.4, 0.5) is 0 Å². The van der Waals surface area contributed by atoms with Gasteiger partial charge in [-0.25, -0.2) is 0 Å². The van der Waals surface area contributed by atoms with Gasteiger partial charge in [-0.3, -0.25) is 4.99 Å². The predicted octanol–water partition coefficient (Wildman–Crippen LogP) is 2.51. The van der Waals surface area contributed by atoms with Gasteiger partial charge in [-0.05, 0) is 23.8 Å². The second-order valence-electron chi connectivity index (χ2n) is 2.77. The van der Waals surface area contributed by atoms with E-state index in [1.54, 1.807) is 23.9 Å². The maximum absolute atomic E-state index is 9.06. The number of thioether (sulfide) groups is 1. The lowest BCUT2D eigenvalue weighted by molar-refractivity contribution is 0.475. The largest absolute Gasteiger partial charge is 0.508 e. The van der Waals surface area contributed by atoms with E-state index < -0.39 is 0 Å². The van der Waals surface area contributed by atoms with Gasteiger partial charge in [0.2, 0.25) is 0 Å². The van der Waals surface area contributed by atoms with Gasteiger partial charge in [-0.15, -0.1) is 11.8 Å². The lowest BCUT2D eigenvalue weighted by atomic mass is 10.2. The highest BCUT2D eigenvalue weighted by Crippen LogP contribution is 2.19. The average molecular weight is 191 g/mol. The zero-order chi connectivity index (χ0) is 9.10. The molecule has 0 bridgehead atoms. The van der Waals surface area contributed by atoms with Crippen LogP contribution >= 0.6 is 11.8 Å². The molecule has 0 fully saturated rings. The van der Waals surface area contributed by atoms with Gasteiger partial charge in [0.1, 0.15) is 5.75 Å². The zero-order valence-corrected chi connectivity index (χ0v) is 7.79. The van der Waals surface area contributed by atoms with Crippen molar-refractivity contribution in [2.45, 2.75) is 0 Å². The monoisotopic (exact) mass is 191 g/mol. The number of nitrogens with zero attached hydrogens (tertiary/aromatic N) is 1. The Morgan fingerprint density at radius 1 is 1.31 bits per heavy atom. The van der Waals surface area contributed by atoms with Crippen molar-refractivity contribution < 1.29 is 5.11 Å². The lowest BCUT2D eigenvalue weighted by Crippen LogP contribution is -1.77. The highest BCUT2D eigenvalue weighted by atomic mass is 32.2. The predicted molar refractivity (Wildman–Crippen MR) is 57.0 cm³/mol. The minimum Gasteiger partial charge on any atom is -0.508 e. The van der Waals surface area contributed by atoms with Crippen molar-refractivity contribution in [1.82, 2.24) is 0 Å². The van der Waals surface area contributed by atoms with E-state index in [2.05, 4.69) is 4.99 Å². The summed E-state index contributed by atoms with van der Waals surface area (Å²) in [5.41, 5.74) is 4.01. The van der Waals surface area contributed by atoms with Gasteiger partial charge in [0, 0.05) is 5.75 Å². The maximum atomic E-state index is 9.06. The fraction of sp³-hybridized carbons (Fsp3) is 0.100. The van der Waals surface area contributed by atoms with Gasteiger partial charge in [0.15, 0.2) is 0 Å². The van der Waals surface area contributed by atoms with E-state index in [1.165, 1.54) is 0 Å². The number of hydrogen-bond acceptors (Lipinski definition) is 3. The fourth-order valence-corrected chi connectivity index (χ4v) is 1.72. The summed E-state index contributed by atoms with van der Waals surface area (Å²) in [6.07, 6.45) is 2.02.